The Hall–Kier alpha value is -1.55. The molecule has 118 valence electrons. The molecule has 3 rings (SSSR count). The summed E-state index contributed by atoms with van der Waals surface area (Å²) in [7, 11) is 0. The second-order valence-electron chi connectivity index (χ2n) is 4.39. The molecule has 1 N–H and O–H groups in total. The smallest absolute Gasteiger partial charge is 0.271 e. The molecule has 0 saturated heterocycles. The van der Waals surface area contributed by atoms with Crippen LogP contribution >= 0.6 is 46.2 Å². The maximum absolute atomic E-state index is 12.1. The van der Waals surface area contributed by atoms with Crippen LogP contribution in [-0.4, -0.2) is 25.7 Å². The zero-order chi connectivity index (χ0) is 16.2. The van der Waals surface area contributed by atoms with E-state index in [4.69, 9.17) is 11.6 Å². The Morgan fingerprint density at radius 3 is 2.87 bits per heavy atom. The molecule has 0 bridgehead atoms. The van der Waals surface area contributed by atoms with Gasteiger partial charge in [0.25, 0.3) is 5.91 Å². The molecule has 3 aromatic rings. The Balaban J connectivity index is 1.61. The zero-order valence-corrected chi connectivity index (χ0v) is 15.0. The fourth-order valence-corrected chi connectivity index (χ4v) is 4.25. The lowest BCUT2D eigenvalue weighted by Crippen LogP contribution is -2.11. The molecule has 1 amide bonds. The summed E-state index contributed by atoms with van der Waals surface area (Å²) in [5.74, 6) is 0.427. The Kier molecular flexibility index (Phi) is 5.21. The molecule has 2 heterocycles. The molecular weight excluding hydrogens is 374 g/mol. The molecule has 0 aliphatic heterocycles. The van der Waals surface area contributed by atoms with Crippen LogP contribution < -0.4 is 5.32 Å². The second-order valence-corrected chi connectivity index (χ2v) is 7.76. The number of thioether (sulfide) groups is 1. The minimum absolute atomic E-state index is 0.267. The average Bonchev–Trinajstić information content (AvgIpc) is 3.15. The number of carbonyl (C=O) groups excluding carboxylic acids is 1. The predicted octanol–water partition coefficient (Wildman–Crippen LogP) is 3.90. The number of amides is 1. The topological polar surface area (TPSA) is 80.7 Å². The minimum atomic E-state index is -0.267. The van der Waals surface area contributed by atoms with Gasteiger partial charge in [0.05, 0.1) is 5.69 Å². The highest BCUT2D eigenvalue weighted by molar-refractivity contribution is 8.00. The van der Waals surface area contributed by atoms with Gasteiger partial charge in [-0.05, 0) is 30.1 Å². The first-order chi connectivity index (χ1) is 11.1. The first kappa shape index (κ1) is 16.3. The van der Waals surface area contributed by atoms with Crippen molar-refractivity contribution >= 4 is 57.3 Å². The molecule has 0 radical (unpaired) electrons. The largest absolute Gasteiger partial charge is 0.296 e. The number of nitrogens with one attached hydrogen (secondary N) is 1. The van der Waals surface area contributed by atoms with Crippen LogP contribution in [0.1, 0.15) is 20.9 Å². The quantitative estimate of drug-likeness (QED) is 0.531. The van der Waals surface area contributed by atoms with Gasteiger partial charge in [0, 0.05) is 10.8 Å². The molecular formula is C13H10ClN5OS3. The molecule has 0 saturated carbocycles. The van der Waals surface area contributed by atoms with Gasteiger partial charge >= 0.3 is 0 Å². The van der Waals surface area contributed by atoms with Crippen molar-refractivity contribution in [3.8, 4) is 0 Å². The van der Waals surface area contributed by atoms with Crippen LogP contribution in [0, 0.1) is 6.92 Å². The number of benzene rings is 1. The van der Waals surface area contributed by atoms with E-state index >= 15 is 0 Å². The number of rotatable bonds is 5. The third kappa shape index (κ3) is 4.05. The third-order valence-electron chi connectivity index (χ3n) is 2.79. The van der Waals surface area contributed by atoms with E-state index in [-0.39, 0.29) is 5.91 Å². The lowest BCUT2D eigenvalue weighted by atomic mass is 10.2. The number of aromatic nitrogens is 4. The molecule has 0 spiro atoms. The number of anilines is 1. The van der Waals surface area contributed by atoms with Crippen molar-refractivity contribution in [1.29, 1.82) is 0 Å². The van der Waals surface area contributed by atoms with Gasteiger partial charge in [-0.3, -0.25) is 10.1 Å². The number of hydrogen-bond donors (Lipinski definition) is 1. The number of carbonyl (C=O) groups is 1. The van der Waals surface area contributed by atoms with Crippen LogP contribution in [-0.2, 0) is 5.75 Å². The fourth-order valence-electron chi connectivity index (χ4n) is 1.67. The fraction of sp³-hybridized carbons (Fsp3) is 0.154. The van der Waals surface area contributed by atoms with E-state index in [9.17, 15) is 4.79 Å². The van der Waals surface area contributed by atoms with E-state index in [1.54, 1.807) is 6.92 Å². The van der Waals surface area contributed by atoms with E-state index in [1.165, 1.54) is 23.1 Å². The van der Waals surface area contributed by atoms with Gasteiger partial charge < -0.3 is 0 Å². The van der Waals surface area contributed by atoms with Crippen molar-refractivity contribution in [1.82, 2.24) is 19.8 Å². The van der Waals surface area contributed by atoms with Crippen LogP contribution in [0.15, 0.2) is 28.6 Å². The standard InChI is InChI=1S/C13H10ClN5OS3/c1-7-10(23-19-16-7)11(20)15-12-17-18-13(22-12)21-6-8-4-2-3-5-9(8)14/h2-5H,6H2,1H3,(H,15,17,20). The second kappa shape index (κ2) is 7.35. The van der Waals surface area contributed by atoms with Crippen molar-refractivity contribution in [2.24, 2.45) is 0 Å². The normalized spacial score (nSPS) is 10.7. The van der Waals surface area contributed by atoms with Crippen LogP contribution in [0.4, 0.5) is 5.13 Å². The van der Waals surface area contributed by atoms with Crippen molar-refractivity contribution in [2.45, 2.75) is 17.0 Å². The lowest BCUT2D eigenvalue weighted by Gasteiger charge is -2.00. The highest BCUT2D eigenvalue weighted by Gasteiger charge is 2.15. The van der Waals surface area contributed by atoms with Crippen molar-refractivity contribution in [3.63, 3.8) is 0 Å². The minimum Gasteiger partial charge on any atom is -0.296 e. The Bertz CT molecular complexity index is 834. The van der Waals surface area contributed by atoms with Crippen molar-refractivity contribution in [2.75, 3.05) is 5.32 Å². The van der Waals surface area contributed by atoms with E-state index in [0.717, 1.165) is 26.5 Å². The summed E-state index contributed by atoms with van der Waals surface area (Å²) < 4.78 is 4.51. The molecule has 0 fully saturated rings. The van der Waals surface area contributed by atoms with Gasteiger partial charge in [-0.2, -0.15) is 0 Å². The predicted molar refractivity (Wildman–Crippen MR) is 93.5 cm³/mol. The highest BCUT2D eigenvalue weighted by atomic mass is 35.5. The summed E-state index contributed by atoms with van der Waals surface area (Å²) in [6.45, 7) is 1.74. The van der Waals surface area contributed by atoms with Gasteiger partial charge in [0.15, 0.2) is 4.34 Å². The Morgan fingerprint density at radius 2 is 2.13 bits per heavy atom. The van der Waals surface area contributed by atoms with Gasteiger partial charge in [-0.15, -0.1) is 15.3 Å². The number of halogens is 1. The maximum atomic E-state index is 12.1. The Morgan fingerprint density at radius 1 is 1.30 bits per heavy atom. The van der Waals surface area contributed by atoms with Crippen LogP contribution in [0.2, 0.25) is 5.02 Å². The maximum Gasteiger partial charge on any atom is 0.271 e. The molecule has 0 unspecified atom stereocenters. The summed E-state index contributed by atoms with van der Waals surface area (Å²) in [5.41, 5.74) is 1.64. The summed E-state index contributed by atoms with van der Waals surface area (Å²) in [4.78, 5) is 12.5. The van der Waals surface area contributed by atoms with Gasteiger partial charge in [0.1, 0.15) is 4.88 Å². The van der Waals surface area contributed by atoms with Gasteiger partial charge in [-0.25, -0.2) is 0 Å². The van der Waals surface area contributed by atoms with E-state index in [1.807, 2.05) is 24.3 Å². The number of nitrogens with zero attached hydrogens (tertiary/aromatic N) is 4. The third-order valence-corrected chi connectivity index (χ3v) is 6.01. The molecule has 2 aromatic heterocycles. The number of hydrogen-bond acceptors (Lipinski definition) is 8. The van der Waals surface area contributed by atoms with E-state index in [2.05, 4.69) is 25.1 Å². The first-order valence-electron chi connectivity index (χ1n) is 6.43. The zero-order valence-electron chi connectivity index (χ0n) is 11.8. The van der Waals surface area contributed by atoms with E-state index < -0.39 is 0 Å². The molecule has 0 aliphatic carbocycles. The summed E-state index contributed by atoms with van der Waals surface area (Å²) in [6.07, 6.45) is 0. The molecule has 0 aliphatic rings. The van der Waals surface area contributed by atoms with Crippen molar-refractivity contribution < 1.29 is 4.79 Å². The Labute approximate surface area is 149 Å². The summed E-state index contributed by atoms with van der Waals surface area (Å²) in [5, 5.41) is 15.7. The van der Waals surface area contributed by atoms with Gasteiger partial charge in [-0.1, -0.05) is 57.4 Å². The van der Waals surface area contributed by atoms with Crippen molar-refractivity contribution in [3.05, 3.63) is 45.4 Å². The monoisotopic (exact) mass is 383 g/mol. The molecule has 23 heavy (non-hydrogen) atoms. The van der Waals surface area contributed by atoms with Crippen LogP contribution in [0.5, 0.6) is 0 Å². The molecule has 0 atom stereocenters. The average molecular weight is 384 g/mol. The molecule has 10 heteroatoms. The SMILES string of the molecule is Cc1nnsc1C(=O)Nc1nnc(SCc2ccccc2Cl)s1. The van der Waals surface area contributed by atoms with Crippen LogP contribution in [0.3, 0.4) is 0 Å². The van der Waals surface area contributed by atoms with Crippen LogP contribution in [0.25, 0.3) is 0 Å². The highest BCUT2D eigenvalue weighted by Crippen LogP contribution is 2.30. The molecule has 6 nitrogen and oxygen atoms in total. The van der Waals surface area contributed by atoms with E-state index in [0.29, 0.717) is 21.5 Å². The lowest BCUT2D eigenvalue weighted by molar-refractivity contribution is 0.102. The number of aryl methyl sites for hydroxylation is 1. The van der Waals surface area contributed by atoms with Gasteiger partial charge in [0.2, 0.25) is 5.13 Å². The summed E-state index contributed by atoms with van der Waals surface area (Å²) >= 11 is 10.0. The molecule has 1 aromatic carbocycles. The first-order valence-corrected chi connectivity index (χ1v) is 9.39. The summed E-state index contributed by atoms with van der Waals surface area (Å²) in [6, 6.07) is 7.66.